The summed E-state index contributed by atoms with van der Waals surface area (Å²) < 4.78 is 9.85. The lowest BCUT2D eigenvalue weighted by Gasteiger charge is -2.06. The van der Waals surface area contributed by atoms with Gasteiger partial charge < -0.3 is 9.16 Å². The van der Waals surface area contributed by atoms with Crippen LogP contribution in [0.1, 0.15) is 20.3 Å². The molecule has 15 heavy (non-hydrogen) atoms. The van der Waals surface area contributed by atoms with E-state index in [0.717, 1.165) is 18.5 Å². The molecule has 5 heteroatoms. The molecule has 0 aromatic heterocycles. The van der Waals surface area contributed by atoms with Crippen LogP contribution in [0.2, 0.25) is 6.04 Å². The fourth-order valence-corrected chi connectivity index (χ4v) is 1.86. The quantitative estimate of drug-likeness (QED) is 0.281. The Hall–Kier alpha value is -1.10. The molecule has 0 atom stereocenters. The molecule has 0 N–H and O–H groups in total. The van der Waals surface area contributed by atoms with Crippen molar-refractivity contribution in [2.24, 2.45) is 5.92 Å². The van der Waals surface area contributed by atoms with Crippen LogP contribution < -0.4 is 0 Å². The number of hydrogen-bond acceptors (Lipinski definition) is 4. The first-order valence-corrected chi connectivity index (χ1v) is 6.61. The summed E-state index contributed by atoms with van der Waals surface area (Å²) in [6.45, 7) is 7.27. The van der Waals surface area contributed by atoms with Gasteiger partial charge in [-0.1, -0.05) is 20.4 Å². The largest absolute Gasteiger partial charge is 0.525 e. The average Bonchev–Trinajstić information content (AvgIpc) is 2.22. The molecule has 0 aliphatic heterocycles. The predicted molar refractivity (Wildman–Crippen MR) is 60.1 cm³/mol. The molecule has 0 unspecified atom stereocenters. The second kappa shape index (κ2) is 8.23. The molecule has 0 aromatic carbocycles. The van der Waals surface area contributed by atoms with E-state index in [2.05, 4.69) is 6.58 Å². The molecular weight excluding hydrogens is 212 g/mol. The Morgan fingerprint density at radius 3 is 2.67 bits per heavy atom. The number of hydrogen-bond donors (Lipinski definition) is 0. The molecule has 0 aromatic rings. The Kier molecular flexibility index (Phi) is 7.62. The molecule has 0 fully saturated rings. The predicted octanol–water partition coefficient (Wildman–Crippen LogP) is 0.807. The van der Waals surface area contributed by atoms with Crippen molar-refractivity contribution >= 4 is 21.7 Å². The molecule has 0 saturated carbocycles. The lowest BCUT2D eigenvalue weighted by atomic mass is 10.2. The molecular formula is C10H18O4Si. The number of carbonyl (C=O) groups is 2. The van der Waals surface area contributed by atoms with E-state index in [4.69, 9.17) is 9.16 Å². The summed E-state index contributed by atoms with van der Waals surface area (Å²) in [5.74, 6) is -0.600. The topological polar surface area (TPSA) is 52.6 Å². The SMILES string of the molecule is C=CC(=O)OCCC[SiH2]OC(=O)C(C)C. The summed E-state index contributed by atoms with van der Waals surface area (Å²) in [4.78, 5) is 21.7. The molecule has 0 saturated heterocycles. The maximum absolute atomic E-state index is 11.0. The van der Waals surface area contributed by atoms with Crippen LogP contribution in [0, 0.1) is 5.92 Å². The van der Waals surface area contributed by atoms with Crippen molar-refractivity contribution in [1.29, 1.82) is 0 Å². The highest BCUT2D eigenvalue weighted by atomic mass is 28.2. The van der Waals surface area contributed by atoms with E-state index in [-0.39, 0.29) is 11.9 Å². The van der Waals surface area contributed by atoms with Gasteiger partial charge in [-0.3, -0.25) is 4.79 Å². The van der Waals surface area contributed by atoms with E-state index < -0.39 is 15.7 Å². The Labute approximate surface area is 92.6 Å². The van der Waals surface area contributed by atoms with Gasteiger partial charge in [0.15, 0.2) is 0 Å². The van der Waals surface area contributed by atoms with Gasteiger partial charge in [-0.25, -0.2) is 4.79 Å². The van der Waals surface area contributed by atoms with Crippen molar-refractivity contribution in [3.8, 4) is 0 Å². The lowest BCUT2D eigenvalue weighted by Crippen LogP contribution is -2.14. The van der Waals surface area contributed by atoms with Gasteiger partial charge in [0, 0.05) is 12.0 Å². The van der Waals surface area contributed by atoms with Gasteiger partial charge in [0.25, 0.3) is 5.97 Å². The van der Waals surface area contributed by atoms with Crippen LogP contribution in [-0.4, -0.2) is 28.3 Å². The van der Waals surface area contributed by atoms with Crippen molar-refractivity contribution in [2.45, 2.75) is 26.3 Å². The second-order valence-electron chi connectivity index (χ2n) is 3.40. The zero-order chi connectivity index (χ0) is 11.7. The molecule has 0 amide bonds. The van der Waals surface area contributed by atoms with E-state index in [1.54, 1.807) is 0 Å². The van der Waals surface area contributed by atoms with Crippen molar-refractivity contribution in [1.82, 2.24) is 0 Å². The van der Waals surface area contributed by atoms with Crippen LogP contribution in [0.15, 0.2) is 12.7 Å². The first kappa shape index (κ1) is 13.9. The highest BCUT2D eigenvalue weighted by molar-refractivity contribution is 6.30. The van der Waals surface area contributed by atoms with Crippen LogP contribution in [0.25, 0.3) is 0 Å². The Morgan fingerprint density at radius 2 is 2.13 bits per heavy atom. The summed E-state index contributed by atoms with van der Waals surface area (Å²) in [6, 6.07) is 0.836. The minimum Gasteiger partial charge on any atom is -0.525 e. The molecule has 4 nitrogen and oxygen atoms in total. The minimum absolute atomic E-state index is 0.0592. The smallest absolute Gasteiger partial charge is 0.330 e. The van der Waals surface area contributed by atoms with Crippen molar-refractivity contribution in [2.75, 3.05) is 6.61 Å². The normalized spacial score (nSPS) is 10.6. The molecule has 86 valence electrons. The van der Waals surface area contributed by atoms with E-state index >= 15 is 0 Å². The molecule has 0 spiro atoms. The van der Waals surface area contributed by atoms with Crippen LogP contribution in [-0.2, 0) is 18.8 Å². The highest BCUT2D eigenvalue weighted by Crippen LogP contribution is 1.97. The van der Waals surface area contributed by atoms with Crippen LogP contribution >= 0.6 is 0 Å². The van der Waals surface area contributed by atoms with Crippen molar-refractivity contribution < 1.29 is 18.8 Å². The van der Waals surface area contributed by atoms with Gasteiger partial charge in [-0.05, 0) is 12.5 Å². The molecule has 0 aliphatic carbocycles. The third kappa shape index (κ3) is 7.93. The van der Waals surface area contributed by atoms with Crippen LogP contribution in [0.5, 0.6) is 0 Å². The van der Waals surface area contributed by atoms with Gasteiger partial charge in [-0.15, -0.1) is 0 Å². The Morgan fingerprint density at radius 1 is 1.47 bits per heavy atom. The van der Waals surface area contributed by atoms with Crippen molar-refractivity contribution in [3.63, 3.8) is 0 Å². The monoisotopic (exact) mass is 230 g/mol. The van der Waals surface area contributed by atoms with E-state index in [1.807, 2.05) is 13.8 Å². The fraction of sp³-hybridized carbons (Fsp3) is 0.600. The summed E-state index contributed by atoms with van der Waals surface area (Å²) in [5.41, 5.74) is 0. The standard InChI is InChI=1S/C10H18O4Si/c1-4-9(11)13-6-5-7-15-14-10(12)8(2)3/h4,8H,1,5-7,15H2,2-3H3. The molecule has 0 bridgehead atoms. The van der Waals surface area contributed by atoms with E-state index in [0.29, 0.717) is 6.61 Å². The number of rotatable bonds is 7. The maximum atomic E-state index is 11.0. The molecule has 0 heterocycles. The zero-order valence-electron chi connectivity index (χ0n) is 9.32. The number of carbonyl (C=O) groups excluding carboxylic acids is 2. The van der Waals surface area contributed by atoms with Gasteiger partial charge >= 0.3 is 5.97 Å². The Bertz CT molecular complexity index is 225. The summed E-state index contributed by atoms with van der Waals surface area (Å²) in [6.07, 6.45) is 1.88. The second-order valence-corrected chi connectivity index (χ2v) is 4.80. The van der Waals surface area contributed by atoms with Gasteiger partial charge in [0.05, 0.1) is 6.61 Å². The number of esters is 1. The summed E-state index contributed by atoms with van der Waals surface area (Å²) in [5, 5.41) is 0. The van der Waals surface area contributed by atoms with Gasteiger partial charge in [0.1, 0.15) is 0 Å². The van der Waals surface area contributed by atoms with Gasteiger partial charge in [0.2, 0.25) is 9.76 Å². The molecule has 0 rings (SSSR count). The van der Waals surface area contributed by atoms with Crippen molar-refractivity contribution in [3.05, 3.63) is 12.7 Å². The average molecular weight is 230 g/mol. The zero-order valence-corrected chi connectivity index (χ0v) is 10.7. The lowest BCUT2D eigenvalue weighted by molar-refractivity contribution is -0.139. The third-order valence-electron chi connectivity index (χ3n) is 1.67. The summed E-state index contributed by atoms with van der Waals surface area (Å²) >= 11 is 0. The fourth-order valence-electron chi connectivity index (χ4n) is 0.775. The first-order valence-electron chi connectivity index (χ1n) is 5.03. The molecule has 0 radical (unpaired) electrons. The van der Waals surface area contributed by atoms with Crippen LogP contribution in [0.4, 0.5) is 0 Å². The molecule has 0 aliphatic rings. The first-order chi connectivity index (χ1) is 7.07. The van der Waals surface area contributed by atoms with Crippen LogP contribution in [0.3, 0.4) is 0 Å². The Balaban J connectivity index is 3.29. The van der Waals surface area contributed by atoms with Gasteiger partial charge in [-0.2, -0.15) is 0 Å². The van der Waals surface area contributed by atoms with E-state index in [1.165, 1.54) is 0 Å². The minimum atomic E-state index is -0.797. The summed E-state index contributed by atoms with van der Waals surface area (Å²) in [7, 11) is -0.797. The number of ether oxygens (including phenoxy) is 1. The maximum Gasteiger partial charge on any atom is 0.330 e. The third-order valence-corrected chi connectivity index (χ3v) is 2.94. The van der Waals surface area contributed by atoms with E-state index in [9.17, 15) is 9.59 Å². The highest BCUT2D eigenvalue weighted by Gasteiger charge is 2.07.